The average Bonchev–Trinajstić information content (AvgIpc) is 3.34. The lowest BCUT2D eigenvalue weighted by atomic mass is 9.83. The van der Waals surface area contributed by atoms with Crippen LogP contribution in [0.15, 0.2) is 47.4 Å². The zero-order valence-corrected chi connectivity index (χ0v) is 24.0. The number of amides is 1. The number of carbonyl (C=O) groups is 1. The molecular formula is C26H24F8N2O6S2. The van der Waals surface area contributed by atoms with Gasteiger partial charge >= 0.3 is 18.0 Å². The van der Waals surface area contributed by atoms with Crippen molar-refractivity contribution in [2.75, 3.05) is 29.9 Å². The Bertz CT molecular complexity index is 1680. The molecule has 8 nitrogen and oxygen atoms in total. The van der Waals surface area contributed by atoms with E-state index in [0.29, 0.717) is 6.07 Å². The lowest BCUT2D eigenvalue weighted by Crippen LogP contribution is -2.60. The SMILES string of the molecule is O=C(N1CCC2(S(=O)(=O)c3ccc(F)cc3)c3ccc(C(F)(C(F)(F)F)C(F)(F)F)cc3NCC12)C1(O)CCS(=O)(=O)CC1. The van der Waals surface area contributed by atoms with E-state index in [1.54, 1.807) is 0 Å². The molecule has 3 aliphatic heterocycles. The molecule has 5 rings (SSSR count). The van der Waals surface area contributed by atoms with E-state index in [0.717, 1.165) is 29.2 Å². The van der Waals surface area contributed by atoms with Crippen molar-refractivity contribution in [3.8, 4) is 0 Å². The molecule has 0 aliphatic carbocycles. The third kappa shape index (κ3) is 4.66. The van der Waals surface area contributed by atoms with Crippen molar-refractivity contribution in [1.29, 1.82) is 0 Å². The second-order valence-corrected chi connectivity index (χ2v) is 15.6. The van der Waals surface area contributed by atoms with Crippen molar-refractivity contribution in [2.24, 2.45) is 0 Å². The number of rotatable bonds is 4. The summed E-state index contributed by atoms with van der Waals surface area (Å²) in [6, 6.07) is 3.02. The molecule has 0 radical (unpaired) electrons. The summed E-state index contributed by atoms with van der Waals surface area (Å²) >= 11 is 0. The van der Waals surface area contributed by atoms with Gasteiger partial charge in [0.25, 0.3) is 5.91 Å². The van der Waals surface area contributed by atoms with Crippen LogP contribution in [0.25, 0.3) is 0 Å². The summed E-state index contributed by atoms with van der Waals surface area (Å²) in [4.78, 5) is 14.2. The van der Waals surface area contributed by atoms with Crippen LogP contribution in [-0.2, 0) is 34.9 Å². The number of nitrogens with zero attached hydrogens (tertiary/aromatic N) is 1. The maximum Gasteiger partial charge on any atom is 0.435 e. The molecule has 0 saturated carbocycles. The van der Waals surface area contributed by atoms with Gasteiger partial charge in [0.1, 0.15) is 16.2 Å². The van der Waals surface area contributed by atoms with Crippen molar-refractivity contribution >= 4 is 31.3 Å². The van der Waals surface area contributed by atoms with E-state index in [9.17, 15) is 61.9 Å². The predicted octanol–water partition coefficient (Wildman–Crippen LogP) is 3.75. The molecule has 18 heteroatoms. The Hall–Kier alpha value is -2.99. The van der Waals surface area contributed by atoms with Gasteiger partial charge in [0.15, 0.2) is 19.7 Å². The molecule has 1 amide bonds. The van der Waals surface area contributed by atoms with Gasteiger partial charge in [-0.15, -0.1) is 0 Å². The highest BCUT2D eigenvalue weighted by Crippen LogP contribution is 2.57. The van der Waals surface area contributed by atoms with E-state index in [1.165, 1.54) is 0 Å². The third-order valence-corrected chi connectivity index (χ3v) is 12.9. The molecule has 2 atom stereocenters. The molecule has 242 valence electrons. The summed E-state index contributed by atoms with van der Waals surface area (Å²) in [6.45, 7) is -0.950. The second kappa shape index (κ2) is 10.0. The molecule has 0 spiro atoms. The maximum atomic E-state index is 14.9. The number of alkyl halides is 7. The Morgan fingerprint density at radius 1 is 0.932 bits per heavy atom. The van der Waals surface area contributed by atoms with E-state index in [2.05, 4.69) is 5.32 Å². The first-order chi connectivity index (χ1) is 20.1. The van der Waals surface area contributed by atoms with Gasteiger partial charge < -0.3 is 15.3 Å². The summed E-state index contributed by atoms with van der Waals surface area (Å²) in [5.41, 5.74) is -10.8. The van der Waals surface area contributed by atoms with E-state index in [-0.39, 0.29) is 24.2 Å². The van der Waals surface area contributed by atoms with Crippen LogP contribution < -0.4 is 5.32 Å². The van der Waals surface area contributed by atoms with Gasteiger partial charge in [0, 0.05) is 24.3 Å². The first-order valence-corrected chi connectivity index (χ1v) is 16.4. The van der Waals surface area contributed by atoms with Crippen LogP contribution in [0.3, 0.4) is 0 Å². The molecule has 3 heterocycles. The van der Waals surface area contributed by atoms with Crippen LogP contribution in [-0.4, -0.2) is 81.3 Å². The maximum absolute atomic E-state index is 14.9. The molecule has 44 heavy (non-hydrogen) atoms. The molecule has 2 aromatic rings. The van der Waals surface area contributed by atoms with Crippen molar-refractivity contribution < 1.29 is 61.9 Å². The van der Waals surface area contributed by atoms with Crippen LogP contribution in [0.2, 0.25) is 0 Å². The van der Waals surface area contributed by atoms with Crippen LogP contribution >= 0.6 is 0 Å². The van der Waals surface area contributed by atoms with Crippen LogP contribution in [0.5, 0.6) is 0 Å². The Morgan fingerprint density at radius 2 is 1.50 bits per heavy atom. The normalized spacial score (nSPS) is 25.1. The molecule has 2 aromatic carbocycles. The fourth-order valence-electron chi connectivity index (χ4n) is 6.30. The molecule has 2 saturated heterocycles. The Balaban J connectivity index is 1.67. The zero-order valence-electron chi connectivity index (χ0n) is 22.3. The predicted molar refractivity (Wildman–Crippen MR) is 138 cm³/mol. The number of carbonyl (C=O) groups excluding carboxylic acids is 1. The van der Waals surface area contributed by atoms with Crippen LogP contribution in [0.4, 0.5) is 40.8 Å². The molecule has 2 N–H and O–H groups in total. The first-order valence-electron chi connectivity index (χ1n) is 13.1. The Morgan fingerprint density at radius 3 is 2.05 bits per heavy atom. The smallest absolute Gasteiger partial charge is 0.383 e. The molecule has 0 aromatic heterocycles. The van der Waals surface area contributed by atoms with Gasteiger partial charge in [-0.25, -0.2) is 25.6 Å². The molecule has 3 aliphatic rings. The van der Waals surface area contributed by atoms with E-state index >= 15 is 0 Å². The molecule has 0 bridgehead atoms. The fraction of sp³-hybridized carbons (Fsp3) is 0.500. The van der Waals surface area contributed by atoms with Gasteiger partial charge in [0.05, 0.1) is 22.4 Å². The number of anilines is 1. The second-order valence-electron chi connectivity index (χ2n) is 11.1. The number of sulfone groups is 2. The summed E-state index contributed by atoms with van der Waals surface area (Å²) in [6.07, 6.45) is -14.3. The number of halogens is 8. The highest BCUT2D eigenvalue weighted by atomic mass is 32.2. The quantitative estimate of drug-likeness (QED) is 0.374. The van der Waals surface area contributed by atoms with E-state index < -0.39 is 119 Å². The number of likely N-dealkylation sites (tertiary alicyclic amines) is 1. The molecule has 2 fully saturated rings. The highest BCUT2D eigenvalue weighted by Gasteiger charge is 2.74. The standard InChI is InChI=1S/C26H24F8N2O6S2/c27-16-2-4-17(5-3-16)44(41,42)23-7-10-36(21(37)22(38)8-11-43(39,40)12-9-22)20(23)14-35-19-13-15(1-6-18(19)23)24(28,25(29,30)31)26(32,33)34/h1-6,13,20,35,38H,7-12,14H2. The number of fused-ring (bicyclic) bond motifs is 3. The first kappa shape index (κ1) is 32.4. The number of benzene rings is 2. The topological polar surface area (TPSA) is 121 Å². The largest absolute Gasteiger partial charge is 0.435 e. The lowest BCUT2D eigenvalue weighted by Gasteiger charge is -2.45. The lowest BCUT2D eigenvalue weighted by molar-refractivity contribution is -0.348. The zero-order chi connectivity index (χ0) is 32.7. The van der Waals surface area contributed by atoms with Crippen LogP contribution in [0, 0.1) is 5.82 Å². The monoisotopic (exact) mass is 676 g/mol. The average molecular weight is 677 g/mol. The summed E-state index contributed by atoms with van der Waals surface area (Å²) in [7, 11) is -8.29. The Labute approximate surface area is 245 Å². The number of aliphatic hydroxyl groups is 1. The van der Waals surface area contributed by atoms with Gasteiger partial charge in [-0.1, -0.05) is 12.1 Å². The summed E-state index contributed by atoms with van der Waals surface area (Å²) in [5.74, 6) is -2.88. The third-order valence-electron chi connectivity index (χ3n) is 8.69. The minimum Gasteiger partial charge on any atom is -0.383 e. The van der Waals surface area contributed by atoms with Gasteiger partial charge in [0.2, 0.25) is 0 Å². The highest BCUT2D eigenvalue weighted by molar-refractivity contribution is 7.92. The minimum absolute atomic E-state index is 0.176. The van der Waals surface area contributed by atoms with Crippen molar-refractivity contribution in [1.82, 2.24) is 4.90 Å². The van der Waals surface area contributed by atoms with Crippen LogP contribution in [0.1, 0.15) is 30.4 Å². The van der Waals surface area contributed by atoms with Crippen molar-refractivity contribution in [2.45, 2.75) is 58.6 Å². The molecule has 2 unspecified atom stereocenters. The minimum atomic E-state index is -6.44. The number of hydrogen-bond donors (Lipinski definition) is 2. The van der Waals surface area contributed by atoms with Crippen molar-refractivity contribution in [3.05, 3.63) is 59.4 Å². The fourth-order valence-corrected chi connectivity index (χ4v) is 10.1. The number of nitrogens with one attached hydrogen (secondary N) is 1. The summed E-state index contributed by atoms with van der Waals surface area (Å²) in [5, 5.41) is 13.6. The molecular weight excluding hydrogens is 652 g/mol. The van der Waals surface area contributed by atoms with Gasteiger partial charge in [-0.3, -0.25) is 4.79 Å². The van der Waals surface area contributed by atoms with E-state index in [4.69, 9.17) is 0 Å². The van der Waals surface area contributed by atoms with Gasteiger partial charge in [-0.05, 0) is 55.2 Å². The Kier molecular flexibility index (Phi) is 7.37. The number of hydrogen-bond acceptors (Lipinski definition) is 7. The summed E-state index contributed by atoms with van der Waals surface area (Å²) < 4.78 is 160. The van der Waals surface area contributed by atoms with Crippen molar-refractivity contribution in [3.63, 3.8) is 0 Å². The van der Waals surface area contributed by atoms with Gasteiger partial charge in [-0.2, -0.15) is 26.3 Å². The van der Waals surface area contributed by atoms with E-state index in [1.807, 2.05) is 0 Å².